The molecule has 26 valence electrons. The van der Waals surface area contributed by atoms with Gasteiger partial charge in [0, 0.05) is 0 Å². The van der Waals surface area contributed by atoms with Crippen molar-refractivity contribution < 1.29 is 0 Å². The Balaban J connectivity index is 0. The summed E-state index contributed by atoms with van der Waals surface area (Å²) in [5.41, 5.74) is 0. The first-order chi connectivity index (χ1) is 1.91. The van der Waals surface area contributed by atoms with Crippen LogP contribution in [-0.4, -0.2) is 0 Å². The third-order valence-electron chi connectivity index (χ3n) is 0.0500. The third kappa shape index (κ3) is 34.9. The summed E-state index contributed by atoms with van der Waals surface area (Å²) < 4.78 is 0. The Morgan fingerprint density at radius 2 is 1.20 bits per heavy atom. The Kier molecular flexibility index (Phi) is 17.3. The van der Waals surface area contributed by atoms with E-state index in [0.29, 0.717) is 0 Å². The predicted molar refractivity (Wildman–Crippen MR) is 21.5 cm³/mol. The van der Waals surface area contributed by atoms with Crippen LogP contribution >= 0.6 is 17.0 Å². The van der Waals surface area contributed by atoms with E-state index in [4.69, 9.17) is 10.5 Å². The molecule has 0 fully saturated rings. The van der Waals surface area contributed by atoms with Gasteiger partial charge < -0.3 is 0 Å². The third-order valence-corrected chi connectivity index (χ3v) is 0.0500. The van der Waals surface area contributed by atoms with Gasteiger partial charge in [-0.05, 0) is 0 Å². The van der Waals surface area contributed by atoms with Gasteiger partial charge in [-0.1, -0.05) is 0 Å². The summed E-state index contributed by atoms with van der Waals surface area (Å²) >= 11 is 0. The first-order valence-electron chi connectivity index (χ1n) is 0.697. The molecule has 5 heavy (non-hydrogen) atoms. The maximum Gasteiger partial charge on any atom is 0.181 e. The maximum absolute atomic E-state index is 7.26. The minimum Gasteiger partial charge on any atom is -0.181 e. The number of halogens is 1. The molecule has 0 amide bonds. The monoisotopic (exact) mass is 132 g/mol. The smallest absolute Gasteiger partial charge is 0.181 e. The van der Waals surface area contributed by atoms with Crippen LogP contribution in [0.4, 0.5) is 0 Å². The molecular weight excluding hydrogens is 132 g/mol. The molecule has 0 radical (unpaired) electrons. The predicted octanol–water partition coefficient (Wildman–Crippen LogP) is 0.611. The Morgan fingerprint density at radius 1 is 1.00 bits per heavy atom. The van der Waals surface area contributed by atoms with E-state index in [1.165, 1.54) is 12.1 Å². The van der Waals surface area contributed by atoms with Crippen molar-refractivity contribution in [2.24, 2.45) is 0 Å². The Labute approximate surface area is 40.4 Å². The minimum absolute atomic E-state index is 0. The van der Waals surface area contributed by atoms with Crippen LogP contribution < -0.4 is 0 Å². The number of nitriles is 2. The second-order valence-corrected chi connectivity index (χ2v) is 0.224. The van der Waals surface area contributed by atoms with Gasteiger partial charge >= 0.3 is 0 Å². The fourth-order valence-corrected chi connectivity index (χ4v) is 0. The number of rotatable bonds is 0. The molecule has 0 unspecified atom stereocenters. The van der Waals surface area contributed by atoms with E-state index >= 15 is 0 Å². The highest BCUT2D eigenvalue weighted by Gasteiger charge is 1.39. The van der Waals surface area contributed by atoms with E-state index in [-0.39, 0.29) is 17.0 Å². The van der Waals surface area contributed by atoms with Crippen molar-refractivity contribution in [2.45, 2.75) is 0 Å². The van der Waals surface area contributed by atoms with Gasteiger partial charge in [-0.2, -0.15) is 10.5 Å². The van der Waals surface area contributed by atoms with Crippen LogP contribution in [0, 0.1) is 22.7 Å². The lowest BCUT2D eigenvalue weighted by Crippen LogP contribution is -1.26. The van der Waals surface area contributed by atoms with Gasteiger partial charge in [0.1, 0.15) is 0 Å². The van der Waals surface area contributed by atoms with Crippen molar-refractivity contribution in [1.82, 2.24) is 0 Å². The summed E-state index contributed by atoms with van der Waals surface area (Å²) in [5.74, 6) is 0. The average molecular weight is 133 g/mol. The largest absolute Gasteiger partial charge is 0.181 e. The van der Waals surface area contributed by atoms with E-state index in [1.54, 1.807) is 0 Å². The summed E-state index contributed by atoms with van der Waals surface area (Å²) in [6, 6.07) is 2.47. The Hall–Kier alpha value is -0.540. The molecule has 0 aliphatic heterocycles. The van der Waals surface area contributed by atoms with E-state index in [0.717, 1.165) is 0 Å². The number of hydrogen-bond donors (Lipinski definition) is 0. The number of nitrogens with zero attached hydrogens (tertiary/aromatic N) is 2. The van der Waals surface area contributed by atoms with Gasteiger partial charge in [-0.25, -0.2) is 0 Å². The lowest BCUT2D eigenvalue weighted by Gasteiger charge is -1.16. The highest BCUT2D eigenvalue weighted by molar-refractivity contribution is 8.93. The van der Waals surface area contributed by atoms with Crippen LogP contribution in [0.1, 0.15) is 0 Å². The molecule has 0 spiro atoms. The van der Waals surface area contributed by atoms with Crippen molar-refractivity contribution >= 4 is 17.0 Å². The van der Waals surface area contributed by atoms with Crippen molar-refractivity contribution in [3.63, 3.8) is 0 Å². The standard InChI is InChI=1S/C2N2.BrH/c3-1-2-4;/h;1H. The molecule has 0 aromatic carbocycles. The van der Waals surface area contributed by atoms with Gasteiger partial charge in [-0.3, -0.25) is 0 Å². The van der Waals surface area contributed by atoms with E-state index in [2.05, 4.69) is 0 Å². The van der Waals surface area contributed by atoms with Crippen molar-refractivity contribution in [3.8, 4) is 12.1 Å². The summed E-state index contributed by atoms with van der Waals surface area (Å²) in [5, 5.41) is 14.5. The van der Waals surface area contributed by atoms with Crippen molar-refractivity contribution in [2.75, 3.05) is 0 Å². The van der Waals surface area contributed by atoms with Crippen LogP contribution in [0.3, 0.4) is 0 Å². The zero-order valence-corrected chi connectivity index (χ0v) is 4.02. The molecule has 0 aliphatic rings. The first-order valence-corrected chi connectivity index (χ1v) is 0.697. The number of hydrogen-bond acceptors (Lipinski definition) is 2. The first kappa shape index (κ1) is 8.82. The van der Waals surface area contributed by atoms with Crippen LogP contribution in [0.25, 0.3) is 0 Å². The molecule has 0 atom stereocenters. The fourth-order valence-electron chi connectivity index (χ4n) is 0. The van der Waals surface area contributed by atoms with Crippen LogP contribution in [-0.2, 0) is 0 Å². The van der Waals surface area contributed by atoms with Gasteiger partial charge in [0.25, 0.3) is 0 Å². The lowest BCUT2D eigenvalue weighted by molar-refractivity contribution is 1.49. The SMILES string of the molecule is Br.N#CC#N. The molecule has 0 bridgehead atoms. The van der Waals surface area contributed by atoms with E-state index < -0.39 is 0 Å². The molecule has 0 N–H and O–H groups in total. The van der Waals surface area contributed by atoms with Crippen molar-refractivity contribution in [1.29, 1.82) is 10.5 Å². The van der Waals surface area contributed by atoms with Gasteiger partial charge in [0.2, 0.25) is 0 Å². The minimum atomic E-state index is 0. The molecule has 0 rings (SSSR count). The van der Waals surface area contributed by atoms with Crippen molar-refractivity contribution in [3.05, 3.63) is 0 Å². The van der Waals surface area contributed by atoms with Gasteiger partial charge in [0.05, 0.1) is 0 Å². The summed E-state index contributed by atoms with van der Waals surface area (Å²) in [6.07, 6.45) is 0. The van der Waals surface area contributed by atoms with E-state index in [9.17, 15) is 0 Å². The zero-order valence-electron chi connectivity index (χ0n) is 2.30. The molecule has 0 saturated heterocycles. The van der Waals surface area contributed by atoms with Gasteiger partial charge in [0.15, 0.2) is 12.1 Å². The lowest BCUT2D eigenvalue weighted by atomic mass is 10.9. The second kappa shape index (κ2) is 9.82. The Morgan fingerprint density at radius 3 is 1.20 bits per heavy atom. The topological polar surface area (TPSA) is 47.6 Å². The summed E-state index contributed by atoms with van der Waals surface area (Å²) in [6.45, 7) is 0. The van der Waals surface area contributed by atoms with Gasteiger partial charge in [-0.15, -0.1) is 17.0 Å². The molecule has 0 aromatic rings. The maximum atomic E-state index is 7.26. The zero-order chi connectivity index (χ0) is 3.41. The highest BCUT2D eigenvalue weighted by Crippen LogP contribution is 1.27. The quantitative estimate of drug-likeness (QED) is 0.485. The molecule has 0 aromatic heterocycles. The van der Waals surface area contributed by atoms with Crippen LogP contribution in [0.5, 0.6) is 0 Å². The van der Waals surface area contributed by atoms with E-state index in [1.807, 2.05) is 0 Å². The highest BCUT2D eigenvalue weighted by atomic mass is 79.9. The summed E-state index contributed by atoms with van der Waals surface area (Å²) in [4.78, 5) is 0. The molecular formula is C2HBrN2. The molecule has 2 nitrogen and oxygen atoms in total. The molecule has 3 heteroatoms. The van der Waals surface area contributed by atoms with Crippen LogP contribution in [0.2, 0.25) is 0 Å². The molecule has 0 saturated carbocycles. The summed E-state index contributed by atoms with van der Waals surface area (Å²) in [7, 11) is 0. The normalized spacial score (nSPS) is 2.00. The average Bonchev–Trinajstić information content (AvgIpc) is 1.37. The molecule has 0 aliphatic carbocycles. The molecule has 0 heterocycles. The fraction of sp³-hybridized carbons (Fsp3) is 0. The van der Waals surface area contributed by atoms with Crippen LogP contribution in [0.15, 0.2) is 0 Å². The second-order valence-electron chi connectivity index (χ2n) is 0.224. The Bertz CT molecular complexity index is 62.6.